The molecule has 1 amide bonds. The molecule has 0 bridgehead atoms. The van der Waals surface area contributed by atoms with Gasteiger partial charge in [-0.15, -0.1) is 0 Å². The van der Waals surface area contributed by atoms with E-state index in [1.807, 2.05) is 31.2 Å². The zero-order valence-corrected chi connectivity index (χ0v) is 15.1. The van der Waals surface area contributed by atoms with E-state index in [0.29, 0.717) is 5.75 Å². The minimum atomic E-state index is -1.27. The van der Waals surface area contributed by atoms with Gasteiger partial charge in [-0.1, -0.05) is 19.1 Å². The topological polar surface area (TPSA) is 84.9 Å². The molecule has 2 N–H and O–H groups in total. The van der Waals surface area contributed by atoms with Gasteiger partial charge in [0.05, 0.1) is 13.7 Å². The van der Waals surface area contributed by atoms with Crippen molar-refractivity contribution in [2.45, 2.75) is 25.4 Å². The smallest absolute Gasteiger partial charge is 0.346 e. The minimum absolute atomic E-state index is 0.0682. The van der Waals surface area contributed by atoms with E-state index in [1.165, 1.54) is 24.3 Å². The molecule has 0 radical (unpaired) electrons. The van der Waals surface area contributed by atoms with Gasteiger partial charge < -0.3 is 19.9 Å². The Morgan fingerprint density at radius 3 is 2.48 bits per heavy atom. The molecule has 6 nitrogen and oxygen atoms in total. The van der Waals surface area contributed by atoms with E-state index < -0.39 is 17.9 Å². The zero-order valence-electron chi connectivity index (χ0n) is 15.1. The number of hydrogen-bond acceptors (Lipinski definition) is 4. The van der Waals surface area contributed by atoms with Crippen LogP contribution < -0.4 is 14.8 Å². The Bertz CT molecular complexity index is 778. The number of methoxy groups -OCH3 is 1. The molecule has 0 aliphatic carbocycles. The maximum atomic E-state index is 12.9. The quantitative estimate of drug-likeness (QED) is 0.704. The third-order valence-corrected chi connectivity index (χ3v) is 4.01. The average molecular weight is 375 g/mol. The van der Waals surface area contributed by atoms with Crippen molar-refractivity contribution in [2.24, 2.45) is 0 Å². The van der Waals surface area contributed by atoms with Crippen molar-refractivity contribution in [3.63, 3.8) is 0 Å². The number of halogens is 1. The molecular weight excluding hydrogens is 353 g/mol. The van der Waals surface area contributed by atoms with Crippen molar-refractivity contribution in [3.8, 4) is 11.5 Å². The second kappa shape index (κ2) is 9.56. The highest BCUT2D eigenvalue weighted by atomic mass is 19.1. The molecule has 0 saturated heterocycles. The predicted octanol–water partition coefficient (Wildman–Crippen LogP) is 2.98. The van der Waals surface area contributed by atoms with Crippen LogP contribution in [-0.2, 0) is 9.59 Å². The first kappa shape index (κ1) is 20.2. The summed E-state index contributed by atoms with van der Waals surface area (Å²) in [5.74, 6) is -1.11. The summed E-state index contributed by atoms with van der Waals surface area (Å²) in [6.07, 6.45) is -1.08. The first-order valence-electron chi connectivity index (χ1n) is 8.44. The molecule has 0 aromatic heterocycles. The molecule has 0 fully saturated rings. The number of nitrogens with one attached hydrogen (secondary N) is 1. The van der Waals surface area contributed by atoms with Crippen molar-refractivity contribution >= 4 is 11.9 Å². The highest BCUT2D eigenvalue weighted by Crippen LogP contribution is 2.23. The zero-order chi connectivity index (χ0) is 19.8. The molecule has 0 aliphatic rings. The lowest BCUT2D eigenvalue weighted by molar-refractivity contribution is -0.145. The second-order valence-electron chi connectivity index (χ2n) is 6.08. The third-order valence-electron chi connectivity index (χ3n) is 4.01. The molecule has 2 atom stereocenters. The molecule has 27 heavy (non-hydrogen) atoms. The Labute approximate surface area is 156 Å². The van der Waals surface area contributed by atoms with Gasteiger partial charge in [-0.05, 0) is 47.9 Å². The van der Waals surface area contributed by atoms with Gasteiger partial charge in [0.1, 0.15) is 17.3 Å². The van der Waals surface area contributed by atoms with Crippen molar-refractivity contribution in [2.75, 3.05) is 13.7 Å². The fourth-order valence-corrected chi connectivity index (χ4v) is 2.48. The van der Waals surface area contributed by atoms with Crippen molar-refractivity contribution in [1.29, 1.82) is 0 Å². The van der Waals surface area contributed by atoms with Crippen LogP contribution in [0.1, 0.15) is 24.8 Å². The Morgan fingerprint density at radius 2 is 1.85 bits per heavy atom. The molecule has 0 aliphatic heterocycles. The molecule has 2 rings (SSSR count). The summed E-state index contributed by atoms with van der Waals surface area (Å²) < 4.78 is 23.4. The minimum Gasteiger partial charge on any atom is -0.497 e. The van der Waals surface area contributed by atoms with E-state index >= 15 is 0 Å². The van der Waals surface area contributed by atoms with Gasteiger partial charge in [0, 0.05) is 6.42 Å². The number of carboxylic acids is 1. The number of ether oxygens (including phenoxy) is 2. The summed E-state index contributed by atoms with van der Waals surface area (Å²) in [5, 5.41) is 11.8. The molecule has 2 aromatic rings. The number of benzene rings is 2. The number of rotatable bonds is 9. The van der Waals surface area contributed by atoms with Crippen LogP contribution in [-0.4, -0.2) is 36.7 Å². The Balaban J connectivity index is 1.89. The van der Waals surface area contributed by atoms with Crippen LogP contribution in [0.3, 0.4) is 0 Å². The summed E-state index contributed by atoms with van der Waals surface area (Å²) in [4.78, 5) is 23.5. The van der Waals surface area contributed by atoms with Gasteiger partial charge >= 0.3 is 5.97 Å². The number of amides is 1. The molecule has 144 valence electrons. The van der Waals surface area contributed by atoms with Crippen molar-refractivity contribution in [3.05, 3.63) is 59.9 Å². The van der Waals surface area contributed by atoms with E-state index in [0.717, 1.165) is 5.56 Å². The van der Waals surface area contributed by atoms with Crippen LogP contribution in [0.4, 0.5) is 4.39 Å². The molecule has 0 heterocycles. The summed E-state index contributed by atoms with van der Waals surface area (Å²) in [6, 6.07) is 12.4. The Morgan fingerprint density at radius 1 is 1.15 bits per heavy atom. The fraction of sp³-hybridized carbons (Fsp3) is 0.300. The molecule has 0 spiro atoms. The van der Waals surface area contributed by atoms with Crippen LogP contribution in [0.5, 0.6) is 11.5 Å². The fourth-order valence-electron chi connectivity index (χ4n) is 2.48. The Kier molecular flexibility index (Phi) is 7.16. The molecular formula is C20H22FNO5. The molecule has 0 saturated carbocycles. The van der Waals surface area contributed by atoms with Crippen LogP contribution in [0.2, 0.25) is 0 Å². The summed E-state index contributed by atoms with van der Waals surface area (Å²) in [6.45, 7) is 1.70. The highest BCUT2D eigenvalue weighted by Gasteiger charge is 2.21. The second-order valence-corrected chi connectivity index (χ2v) is 6.08. The number of carboxylic acid groups (broad SMARTS) is 1. The molecule has 2 aromatic carbocycles. The summed E-state index contributed by atoms with van der Waals surface area (Å²) in [7, 11) is 1.57. The number of carbonyl (C=O) groups is 2. The summed E-state index contributed by atoms with van der Waals surface area (Å²) >= 11 is 0. The average Bonchev–Trinajstić information content (AvgIpc) is 2.66. The third kappa shape index (κ3) is 6.29. The Hall–Kier alpha value is -3.09. The van der Waals surface area contributed by atoms with E-state index in [4.69, 9.17) is 9.47 Å². The predicted molar refractivity (Wildman–Crippen MR) is 97.5 cm³/mol. The maximum Gasteiger partial charge on any atom is 0.346 e. The van der Waals surface area contributed by atoms with Gasteiger partial charge in [-0.25, -0.2) is 9.18 Å². The lowest BCUT2D eigenvalue weighted by atomic mass is 9.97. The van der Waals surface area contributed by atoms with Crippen LogP contribution in [0, 0.1) is 5.82 Å². The molecule has 7 heteroatoms. The van der Waals surface area contributed by atoms with Crippen LogP contribution >= 0.6 is 0 Å². The van der Waals surface area contributed by atoms with Crippen LogP contribution in [0.25, 0.3) is 0 Å². The van der Waals surface area contributed by atoms with Gasteiger partial charge in [-0.2, -0.15) is 0 Å². The van der Waals surface area contributed by atoms with E-state index in [2.05, 4.69) is 5.32 Å². The molecule has 2 unspecified atom stereocenters. The monoisotopic (exact) mass is 375 g/mol. The number of hydrogen-bond donors (Lipinski definition) is 2. The van der Waals surface area contributed by atoms with E-state index in [1.54, 1.807) is 7.11 Å². The van der Waals surface area contributed by atoms with Gasteiger partial charge in [0.2, 0.25) is 12.0 Å². The van der Waals surface area contributed by atoms with Crippen LogP contribution in [0.15, 0.2) is 48.5 Å². The van der Waals surface area contributed by atoms with Gasteiger partial charge in [-0.3, -0.25) is 4.79 Å². The lowest BCUT2D eigenvalue weighted by Gasteiger charge is -2.17. The largest absolute Gasteiger partial charge is 0.497 e. The normalized spacial score (nSPS) is 12.7. The number of carbonyl (C=O) groups excluding carboxylic acids is 1. The first-order chi connectivity index (χ1) is 12.9. The van der Waals surface area contributed by atoms with E-state index in [9.17, 15) is 19.1 Å². The first-order valence-corrected chi connectivity index (χ1v) is 8.44. The highest BCUT2D eigenvalue weighted by molar-refractivity contribution is 5.79. The SMILES string of the molecule is COc1cccc(C(C)CC(=O)NCC(Oc2ccc(F)cc2)C(=O)O)c1. The van der Waals surface area contributed by atoms with E-state index in [-0.39, 0.29) is 30.5 Å². The van der Waals surface area contributed by atoms with Crippen molar-refractivity contribution < 1.29 is 28.6 Å². The maximum absolute atomic E-state index is 12.9. The summed E-state index contributed by atoms with van der Waals surface area (Å²) in [5.41, 5.74) is 0.946. The standard InChI is InChI=1S/C20H22FNO5/c1-13(14-4-3-5-17(11-14)26-2)10-19(23)22-12-18(20(24)25)27-16-8-6-15(21)7-9-16/h3-9,11,13,18H,10,12H2,1-2H3,(H,22,23)(H,24,25). The van der Waals surface area contributed by atoms with Crippen molar-refractivity contribution in [1.82, 2.24) is 5.32 Å². The number of aliphatic carboxylic acids is 1. The van der Waals surface area contributed by atoms with Gasteiger partial charge in [0.15, 0.2) is 0 Å². The lowest BCUT2D eigenvalue weighted by Crippen LogP contribution is -2.40. The van der Waals surface area contributed by atoms with Gasteiger partial charge in [0.25, 0.3) is 0 Å².